The summed E-state index contributed by atoms with van der Waals surface area (Å²) >= 11 is 0. The molecule has 0 unspecified atom stereocenters. The molecule has 0 aromatic heterocycles. The summed E-state index contributed by atoms with van der Waals surface area (Å²) in [4.78, 5) is 0.440. The molecule has 0 N–H and O–H groups in total. The summed E-state index contributed by atoms with van der Waals surface area (Å²) in [6, 6.07) is 7.59. The third-order valence-corrected chi connectivity index (χ3v) is 6.53. The van der Waals surface area contributed by atoms with E-state index < -0.39 is 10.0 Å². The second-order valence-corrected chi connectivity index (χ2v) is 7.93. The fourth-order valence-corrected chi connectivity index (χ4v) is 5.23. The van der Waals surface area contributed by atoms with Gasteiger partial charge in [-0.3, -0.25) is 0 Å². The van der Waals surface area contributed by atoms with Gasteiger partial charge in [-0.25, -0.2) is 8.42 Å². The Morgan fingerprint density at radius 3 is 2.29 bits per heavy atom. The van der Waals surface area contributed by atoms with Crippen molar-refractivity contribution in [3.05, 3.63) is 29.8 Å². The molecule has 118 valence electrons. The molecule has 0 aliphatic carbocycles. The van der Waals surface area contributed by atoms with Gasteiger partial charge in [0.1, 0.15) is 0 Å². The Morgan fingerprint density at radius 2 is 1.71 bits per heavy atom. The molecule has 0 bridgehead atoms. The summed E-state index contributed by atoms with van der Waals surface area (Å²) in [5.41, 5.74) is 1.09. The zero-order valence-electron chi connectivity index (χ0n) is 13.4. The van der Waals surface area contributed by atoms with Gasteiger partial charge in [0.25, 0.3) is 0 Å². The highest BCUT2D eigenvalue weighted by atomic mass is 32.2. The van der Waals surface area contributed by atoms with Crippen molar-refractivity contribution in [1.29, 1.82) is 0 Å². The van der Waals surface area contributed by atoms with E-state index in [0.717, 1.165) is 44.1 Å². The minimum Gasteiger partial charge on any atom is -0.207 e. The lowest BCUT2D eigenvalue weighted by atomic mass is 10.1. The van der Waals surface area contributed by atoms with E-state index in [1.165, 1.54) is 0 Å². The van der Waals surface area contributed by atoms with Crippen LogP contribution < -0.4 is 0 Å². The topological polar surface area (TPSA) is 37.4 Å². The first-order chi connectivity index (χ1) is 10.0. The lowest BCUT2D eigenvalue weighted by Crippen LogP contribution is -2.40. The van der Waals surface area contributed by atoms with Crippen LogP contribution in [0.4, 0.5) is 0 Å². The molecule has 3 nitrogen and oxygen atoms in total. The van der Waals surface area contributed by atoms with Gasteiger partial charge >= 0.3 is 0 Å². The van der Waals surface area contributed by atoms with Crippen LogP contribution in [0.1, 0.15) is 57.9 Å². The van der Waals surface area contributed by atoms with Crippen LogP contribution in [-0.2, 0) is 10.0 Å². The molecule has 1 aliphatic heterocycles. The van der Waals surface area contributed by atoms with Crippen molar-refractivity contribution in [2.45, 2.75) is 76.3 Å². The first kappa shape index (κ1) is 16.5. The van der Waals surface area contributed by atoms with Crippen molar-refractivity contribution in [1.82, 2.24) is 4.31 Å². The van der Waals surface area contributed by atoms with Crippen LogP contribution in [0.3, 0.4) is 0 Å². The lowest BCUT2D eigenvalue weighted by molar-refractivity contribution is 0.300. The molecule has 1 heterocycles. The number of rotatable bonds is 6. The van der Waals surface area contributed by atoms with E-state index in [1.54, 1.807) is 12.1 Å². The highest BCUT2D eigenvalue weighted by molar-refractivity contribution is 7.89. The summed E-state index contributed by atoms with van der Waals surface area (Å²) in [5, 5.41) is 0. The summed E-state index contributed by atoms with van der Waals surface area (Å²) in [6.45, 7) is 6.22. The monoisotopic (exact) mass is 309 g/mol. The van der Waals surface area contributed by atoms with Gasteiger partial charge in [0.2, 0.25) is 10.0 Å². The third-order valence-electron chi connectivity index (χ3n) is 4.51. The summed E-state index contributed by atoms with van der Waals surface area (Å²) in [6.07, 6.45) is 6.10. The molecule has 2 atom stereocenters. The predicted molar refractivity (Wildman–Crippen MR) is 86.8 cm³/mol. The average molecular weight is 309 g/mol. The average Bonchev–Trinajstić information content (AvgIpc) is 2.89. The third kappa shape index (κ3) is 3.49. The Bertz CT molecular complexity index is 551. The van der Waals surface area contributed by atoms with Crippen LogP contribution in [0, 0.1) is 6.92 Å². The second-order valence-electron chi connectivity index (χ2n) is 6.08. The quantitative estimate of drug-likeness (QED) is 0.793. The van der Waals surface area contributed by atoms with Crippen molar-refractivity contribution in [2.24, 2.45) is 0 Å². The van der Waals surface area contributed by atoms with E-state index >= 15 is 0 Å². The molecule has 1 aromatic carbocycles. The highest BCUT2D eigenvalue weighted by Gasteiger charge is 2.40. The Hall–Kier alpha value is -0.870. The van der Waals surface area contributed by atoms with Crippen molar-refractivity contribution in [3.63, 3.8) is 0 Å². The maximum Gasteiger partial charge on any atom is 0.243 e. The smallest absolute Gasteiger partial charge is 0.207 e. The fourth-order valence-electron chi connectivity index (χ4n) is 3.26. The van der Waals surface area contributed by atoms with E-state index in [2.05, 4.69) is 13.8 Å². The van der Waals surface area contributed by atoms with Crippen molar-refractivity contribution < 1.29 is 8.42 Å². The van der Waals surface area contributed by atoms with Crippen LogP contribution in [0.15, 0.2) is 29.2 Å². The van der Waals surface area contributed by atoms with Gasteiger partial charge in [-0.1, -0.05) is 44.4 Å². The zero-order valence-corrected chi connectivity index (χ0v) is 14.2. The summed E-state index contributed by atoms with van der Waals surface area (Å²) in [5.74, 6) is 0. The van der Waals surface area contributed by atoms with Crippen molar-refractivity contribution in [3.8, 4) is 0 Å². The van der Waals surface area contributed by atoms with E-state index in [1.807, 2.05) is 23.4 Å². The maximum atomic E-state index is 13.0. The Morgan fingerprint density at radius 1 is 1.10 bits per heavy atom. The van der Waals surface area contributed by atoms with Gasteiger partial charge in [-0.2, -0.15) is 4.31 Å². The maximum absolute atomic E-state index is 13.0. The van der Waals surface area contributed by atoms with Gasteiger partial charge in [-0.05, 0) is 44.7 Å². The van der Waals surface area contributed by atoms with E-state index in [0.29, 0.717) is 4.90 Å². The Balaban J connectivity index is 2.31. The molecular weight excluding hydrogens is 282 g/mol. The van der Waals surface area contributed by atoms with Gasteiger partial charge in [0, 0.05) is 12.1 Å². The molecule has 1 aliphatic rings. The van der Waals surface area contributed by atoms with Gasteiger partial charge < -0.3 is 0 Å². The lowest BCUT2D eigenvalue weighted by Gasteiger charge is -2.29. The number of hydrogen-bond donors (Lipinski definition) is 0. The van der Waals surface area contributed by atoms with E-state index in [4.69, 9.17) is 0 Å². The number of aryl methyl sites for hydroxylation is 1. The SMILES string of the molecule is CCCC[C@@H]1CC[C@H](CC)N1S(=O)(=O)c1ccc(C)cc1. The van der Waals surface area contributed by atoms with Gasteiger partial charge in [0.15, 0.2) is 0 Å². The summed E-state index contributed by atoms with van der Waals surface area (Å²) in [7, 11) is -3.36. The molecule has 21 heavy (non-hydrogen) atoms. The molecule has 1 saturated heterocycles. The first-order valence-electron chi connectivity index (χ1n) is 8.11. The molecule has 0 radical (unpaired) electrons. The molecule has 0 amide bonds. The Kier molecular flexibility index (Phi) is 5.44. The predicted octanol–water partition coefficient (Wildman–Crippen LogP) is 4.12. The molecule has 0 saturated carbocycles. The minimum absolute atomic E-state index is 0.165. The van der Waals surface area contributed by atoms with E-state index in [-0.39, 0.29) is 12.1 Å². The second kappa shape index (κ2) is 6.93. The van der Waals surface area contributed by atoms with Crippen LogP contribution in [0.25, 0.3) is 0 Å². The number of nitrogens with zero attached hydrogens (tertiary/aromatic N) is 1. The first-order valence-corrected chi connectivity index (χ1v) is 9.55. The number of unbranched alkanes of at least 4 members (excludes halogenated alkanes) is 1. The highest BCUT2D eigenvalue weighted by Crippen LogP contribution is 2.34. The number of hydrogen-bond acceptors (Lipinski definition) is 2. The minimum atomic E-state index is -3.36. The standard InChI is InChI=1S/C17H27NO2S/c1-4-6-7-16-11-10-15(5-2)18(16)21(19,20)17-12-8-14(3)9-13-17/h8-9,12-13,15-16H,4-7,10-11H2,1-3H3/t15-,16+/m0/s1. The number of sulfonamides is 1. The Labute approximate surface area is 129 Å². The van der Waals surface area contributed by atoms with Crippen LogP contribution in [0.2, 0.25) is 0 Å². The van der Waals surface area contributed by atoms with Crippen LogP contribution in [-0.4, -0.2) is 24.8 Å². The van der Waals surface area contributed by atoms with Crippen LogP contribution in [0.5, 0.6) is 0 Å². The normalized spacial score (nSPS) is 23.6. The molecular formula is C17H27NO2S. The fraction of sp³-hybridized carbons (Fsp3) is 0.647. The molecule has 1 aromatic rings. The van der Waals surface area contributed by atoms with Crippen molar-refractivity contribution in [2.75, 3.05) is 0 Å². The van der Waals surface area contributed by atoms with Crippen LogP contribution >= 0.6 is 0 Å². The molecule has 1 fully saturated rings. The van der Waals surface area contributed by atoms with E-state index in [9.17, 15) is 8.42 Å². The molecule has 0 spiro atoms. The summed E-state index contributed by atoms with van der Waals surface area (Å²) < 4.78 is 27.8. The van der Waals surface area contributed by atoms with Crippen molar-refractivity contribution >= 4 is 10.0 Å². The largest absolute Gasteiger partial charge is 0.243 e. The number of benzene rings is 1. The molecule has 4 heteroatoms. The molecule has 2 rings (SSSR count). The zero-order chi connectivity index (χ0) is 15.5. The van der Waals surface area contributed by atoms with Gasteiger partial charge in [-0.15, -0.1) is 0 Å². The van der Waals surface area contributed by atoms with Gasteiger partial charge in [0.05, 0.1) is 4.90 Å².